The summed E-state index contributed by atoms with van der Waals surface area (Å²) < 4.78 is 5.56. The van der Waals surface area contributed by atoms with Gasteiger partial charge in [-0.25, -0.2) is 4.79 Å². The van der Waals surface area contributed by atoms with E-state index < -0.39 is 0 Å². The zero-order chi connectivity index (χ0) is 18.8. The van der Waals surface area contributed by atoms with E-state index in [1.807, 2.05) is 60.4 Å². The molecule has 0 saturated carbocycles. The van der Waals surface area contributed by atoms with Crippen LogP contribution in [0.1, 0.15) is 41.5 Å². The van der Waals surface area contributed by atoms with Crippen molar-refractivity contribution in [3.63, 3.8) is 0 Å². The van der Waals surface area contributed by atoms with Gasteiger partial charge in [0.1, 0.15) is 6.61 Å². The summed E-state index contributed by atoms with van der Waals surface area (Å²) in [6, 6.07) is 18.2. The highest BCUT2D eigenvalue weighted by atomic mass is 16.6. The van der Waals surface area contributed by atoms with Crippen molar-refractivity contribution >= 4 is 11.7 Å². The summed E-state index contributed by atoms with van der Waals surface area (Å²) in [4.78, 5) is 14.5. The number of carbonyl (C=O) groups is 1. The molecule has 0 radical (unpaired) electrons. The Labute approximate surface area is 159 Å². The molecule has 2 aliphatic rings. The highest BCUT2D eigenvalue weighted by Crippen LogP contribution is 2.39. The lowest BCUT2D eigenvalue weighted by Gasteiger charge is -2.33. The maximum atomic E-state index is 12.7. The third-order valence-electron chi connectivity index (χ3n) is 5.45. The smallest absolute Gasteiger partial charge is 0.410 e. The minimum atomic E-state index is -0.244. The average molecular weight is 358 g/mol. The summed E-state index contributed by atoms with van der Waals surface area (Å²) in [5.41, 5.74) is 4.95. The number of carbonyl (C=O) groups excluding carboxylic acids is 1. The molecule has 2 bridgehead atoms. The largest absolute Gasteiger partial charge is 0.445 e. The molecule has 4 nitrogen and oxygen atoms in total. The fourth-order valence-electron chi connectivity index (χ4n) is 4.14. The van der Waals surface area contributed by atoms with Crippen LogP contribution in [-0.4, -0.2) is 23.1 Å². The first-order valence-electron chi connectivity index (χ1n) is 9.36. The van der Waals surface area contributed by atoms with Gasteiger partial charge < -0.3 is 4.74 Å². The second-order valence-electron chi connectivity index (χ2n) is 7.30. The maximum absolute atomic E-state index is 12.7. The third kappa shape index (κ3) is 3.46. The van der Waals surface area contributed by atoms with E-state index in [4.69, 9.17) is 4.74 Å². The molecule has 2 aliphatic heterocycles. The molecular formula is C23H22N2O2. The number of nitriles is 1. The van der Waals surface area contributed by atoms with Crippen LogP contribution in [0.3, 0.4) is 0 Å². The van der Waals surface area contributed by atoms with Crippen LogP contribution < -0.4 is 0 Å². The van der Waals surface area contributed by atoms with Crippen LogP contribution >= 0.6 is 0 Å². The first-order chi connectivity index (χ1) is 13.2. The fourth-order valence-corrected chi connectivity index (χ4v) is 4.14. The molecule has 2 aromatic rings. The molecule has 1 saturated heterocycles. The number of fused-ring (bicyclic) bond motifs is 2. The number of hydrogen-bond acceptors (Lipinski definition) is 3. The van der Waals surface area contributed by atoms with Gasteiger partial charge in [-0.05, 0) is 54.5 Å². The van der Waals surface area contributed by atoms with Crippen molar-refractivity contribution < 1.29 is 9.53 Å². The van der Waals surface area contributed by atoms with E-state index in [2.05, 4.69) is 12.1 Å². The molecular weight excluding hydrogens is 336 g/mol. The molecule has 2 heterocycles. The van der Waals surface area contributed by atoms with Crippen molar-refractivity contribution in [3.05, 3.63) is 76.9 Å². The summed E-state index contributed by atoms with van der Waals surface area (Å²) in [5.74, 6) is 0. The molecule has 0 aliphatic carbocycles. The Balaban J connectivity index is 1.51. The third-order valence-corrected chi connectivity index (χ3v) is 5.45. The molecule has 136 valence electrons. The van der Waals surface area contributed by atoms with Crippen LogP contribution in [0.5, 0.6) is 0 Å². The highest BCUT2D eigenvalue weighted by molar-refractivity contribution is 5.77. The Kier molecular flexibility index (Phi) is 4.68. The van der Waals surface area contributed by atoms with Crippen molar-refractivity contribution in [2.75, 3.05) is 0 Å². The lowest BCUT2D eigenvalue weighted by atomic mass is 9.91. The van der Waals surface area contributed by atoms with E-state index in [9.17, 15) is 10.1 Å². The SMILES string of the molecule is Cc1ccc(C2=CC3CCC(C2)N3C(=O)OCc2ccccc2)c(C#N)c1. The van der Waals surface area contributed by atoms with Crippen molar-refractivity contribution in [3.8, 4) is 6.07 Å². The van der Waals surface area contributed by atoms with E-state index in [0.29, 0.717) is 12.2 Å². The first-order valence-corrected chi connectivity index (χ1v) is 9.36. The molecule has 2 unspecified atom stereocenters. The number of amides is 1. The van der Waals surface area contributed by atoms with Crippen molar-refractivity contribution in [1.29, 1.82) is 5.26 Å². The second kappa shape index (κ2) is 7.28. The minimum Gasteiger partial charge on any atom is -0.445 e. The van der Waals surface area contributed by atoms with Crippen molar-refractivity contribution in [2.24, 2.45) is 0 Å². The van der Waals surface area contributed by atoms with Gasteiger partial charge in [-0.1, -0.05) is 48.5 Å². The zero-order valence-corrected chi connectivity index (χ0v) is 15.4. The summed E-state index contributed by atoms with van der Waals surface area (Å²) in [5, 5.41) is 9.48. The molecule has 4 rings (SSSR count). The topological polar surface area (TPSA) is 53.3 Å². The molecule has 4 heteroatoms. The van der Waals surface area contributed by atoms with Gasteiger partial charge in [-0.2, -0.15) is 5.26 Å². The fraction of sp³-hybridized carbons (Fsp3) is 0.304. The molecule has 0 N–H and O–H groups in total. The van der Waals surface area contributed by atoms with Gasteiger partial charge in [0.25, 0.3) is 0 Å². The number of nitrogens with zero attached hydrogens (tertiary/aromatic N) is 2. The van der Waals surface area contributed by atoms with Crippen LogP contribution in [0.25, 0.3) is 5.57 Å². The van der Waals surface area contributed by atoms with E-state index in [1.54, 1.807) is 0 Å². The first kappa shape index (κ1) is 17.4. The van der Waals surface area contributed by atoms with E-state index in [1.165, 1.54) is 5.57 Å². The maximum Gasteiger partial charge on any atom is 0.410 e. The zero-order valence-electron chi connectivity index (χ0n) is 15.4. The lowest BCUT2D eigenvalue weighted by molar-refractivity contribution is 0.0832. The van der Waals surface area contributed by atoms with Crippen LogP contribution in [0.2, 0.25) is 0 Å². The van der Waals surface area contributed by atoms with Gasteiger partial charge in [0.05, 0.1) is 17.7 Å². The number of rotatable bonds is 3. The molecule has 1 amide bonds. The van der Waals surface area contributed by atoms with Crippen LogP contribution in [0.15, 0.2) is 54.6 Å². The number of benzene rings is 2. The second-order valence-corrected chi connectivity index (χ2v) is 7.30. The normalized spacial score (nSPS) is 20.7. The minimum absolute atomic E-state index is 0.0508. The van der Waals surface area contributed by atoms with Crippen LogP contribution in [0.4, 0.5) is 4.79 Å². The van der Waals surface area contributed by atoms with Crippen molar-refractivity contribution in [1.82, 2.24) is 4.90 Å². The Morgan fingerprint density at radius 1 is 1.22 bits per heavy atom. The number of hydrogen-bond donors (Lipinski definition) is 0. The monoisotopic (exact) mass is 358 g/mol. The van der Waals surface area contributed by atoms with Crippen LogP contribution in [-0.2, 0) is 11.3 Å². The van der Waals surface area contributed by atoms with E-state index >= 15 is 0 Å². The van der Waals surface area contributed by atoms with Crippen molar-refractivity contribution in [2.45, 2.75) is 44.9 Å². The van der Waals surface area contributed by atoms with Gasteiger partial charge in [0.15, 0.2) is 0 Å². The quantitative estimate of drug-likeness (QED) is 0.790. The highest BCUT2D eigenvalue weighted by Gasteiger charge is 2.40. The summed E-state index contributed by atoms with van der Waals surface area (Å²) >= 11 is 0. The Morgan fingerprint density at radius 2 is 2.04 bits per heavy atom. The predicted octanol–water partition coefficient (Wildman–Crippen LogP) is 4.82. The van der Waals surface area contributed by atoms with E-state index in [0.717, 1.165) is 36.0 Å². The van der Waals surface area contributed by atoms with Gasteiger partial charge in [0.2, 0.25) is 0 Å². The molecule has 1 fully saturated rings. The number of aryl methyl sites for hydroxylation is 1. The summed E-state index contributed by atoms with van der Waals surface area (Å²) in [6.07, 6.45) is 4.60. The Morgan fingerprint density at radius 3 is 2.78 bits per heavy atom. The van der Waals surface area contributed by atoms with Gasteiger partial charge in [-0.15, -0.1) is 0 Å². The predicted molar refractivity (Wildman–Crippen MR) is 104 cm³/mol. The van der Waals surface area contributed by atoms with E-state index in [-0.39, 0.29) is 18.2 Å². The molecule has 0 spiro atoms. The van der Waals surface area contributed by atoms with Crippen LogP contribution in [0, 0.1) is 18.3 Å². The van der Waals surface area contributed by atoms with Gasteiger partial charge in [-0.3, -0.25) is 4.90 Å². The van der Waals surface area contributed by atoms with Gasteiger partial charge in [0, 0.05) is 6.04 Å². The Hall–Kier alpha value is -3.06. The molecule has 27 heavy (non-hydrogen) atoms. The number of ether oxygens (including phenoxy) is 1. The average Bonchev–Trinajstić information content (AvgIpc) is 2.96. The van der Waals surface area contributed by atoms with Gasteiger partial charge >= 0.3 is 6.09 Å². The standard InChI is InChI=1S/C23H22N2O2/c1-16-7-10-22(19(11-16)14-24)18-12-20-8-9-21(13-18)25(20)23(26)27-15-17-5-3-2-4-6-17/h2-7,10-12,20-21H,8-9,13,15H2,1H3. The Bertz CT molecular complexity index is 927. The summed E-state index contributed by atoms with van der Waals surface area (Å²) in [6.45, 7) is 2.29. The molecule has 0 aromatic heterocycles. The molecule has 2 atom stereocenters. The summed E-state index contributed by atoms with van der Waals surface area (Å²) in [7, 11) is 0. The molecule has 2 aromatic carbocycles. The lowest BCUT2D eigenvalue weighted by Crippen LogP contribution is -2.43.